The van der Waals surface area contributed by atoms with E-state index in [1.165, 1.54) is 31.2 Å². The first-order chi connectivity index (χ1) is 12.5. The third-order valence-electron chi connectivity index (χ3n) is 4.32. The van der Waals surface area contributed by atoms with Crippen LogP contribution in [0.4, 0.5) is 0 Å². The minimum atomic E-state index is -0.638. The second-order valence-electron chi connectivity index (χ2n) is 6.95. The number of carbonyl (C=O) groups excluding carboxylic acids is 1. The number of esters is 1. The van der Waals surface area contributed by atoms with E-state index in [0.717, 1.165) is 17.7 Å². The van der Waals surface area contributed by atoms with Gasteiger partial charge >= 0.3 is 5.97 Å². The highest BCUT2D eigenvalue weighted by Crippen LogP contribution is 2.22. The molecule has 0 spiro atoms. The van der Waals surface area contributed by atoms with Crippen LogP contribution in [0.25, 0.3) is 11.3 Å². The van der Waals surface area contributed by atoms with Crippen LogP contribution in [0.5, 0.6) is 5.75 Å². The fraction of sp³-hybridized carbons (Fsp3) is 0.455. The summed E-state index contributed by atoms with van der Waals surface area (Å²) >= 11 is 6.03. The monoisotopic (exact) mass is 373 g/mol. The molecule has 0 saturated carbocycles. The van der Waals surface area contributed by atoms with Crippen LogP contribution >= 0.6 is 11.6 Å². The highest BCUT2D eigenvalue weighted by Gasteiger charge is 2.21. The molecular weight excluding hydrogens is 346 g/mol. The standard InChI is InChI=1S/C22H28ClNO2/c1-4-5-6-7-8-17-9-14-20(24-15-17)18-10-12-19(13-11-18)26-22(25)21(23)16(2)3/h9-16,21H,4-8H2,1-3H3. The number of pyridine rings is 1. The molecule has 1 aromatic heterocycles. The molecule has 1 atom stereocenters. The molecule has 0 amide bonds. The van der Waals surface area contributed by atoms with Gasteiger partial charge in [0, 0.05) is 11.8 Å². The maximum absolute atomic E-state index is 11.9. The first-order valence-corrected chi connectivity index (χ1v) is 9.86. The first-order valence-electron chi connectivity index (χ1n) is 9.42. The third kappa shape index (κ3) is 6.14. The number of aryl methyl sites for hydroxylation is 1. The summed E-state index contributed by atoms with van der Waals surface area (Å²) in [6.07, 6.45) is 8.08. The van der Waals surface area contributed by atoms with Gasteiger partial charge in [-0.3, -0.25) is 9.78 Å². The quantitative estimate of drug-likeness (QED) is 0.233. The van der Waals surface area contributed by atoms with Crippen molar-refractivity contribution >= 4 is 17.6 Å². The summed E-state index contributed by atoms with van der Waals surface area (Å²) in [6, 6.07) is 11.6. The summed E-state index contributed by atoms with van der Waals surface area (Å²) in [5, 5.41) is -0.638. The molecular formula is C22H28ClNO2. The molecule has 1 heterocycles. The van der Waals surface area contributed by atoms with Crippen molar-refractivity contribution in [2.45, 2.75) is 58.3 Å². The van der Waals surface area contributed by atoms with Gasteiger partial charge in [0.05, 0.1) is 5.69 Å². The molecule has 26 heavy (non-hydrogen) atoms. The van der Waals surface area contributed by atoms with Crippen molar-refractivity contribution in [3.63, 3.8) is 0 Å². The van der Waals surface area contributed by atoms with Crippen LogP contribution in [-0.2, 0) is 11.2 Å². The third-order valence-corrected chi connectivity index (χ3v) is 5.00. The number of alkyl halides is 1. The summed E-state index contributed by atoms with van der Waals surface area (Å²) in [5.74, 6) is 0.116. The van der Waals surface area contributed by atoms with Gasteiger partial charge in [-0.15, -0.1) is 11.6 Å². The minimum Gasteiger partial charge on any atom is -0.425 e. The summed E-state index contributed by atoms with van der Waals surface area (Å²) in [7, 11) is 0. The molecule has 2 rings (SSSR count). The number of halogens is 1. The maximum atomic E-state index is 11.9. The second kappa shape index (κ2) is 10.3. The molecule has 3 nitrogen and oxygen atoms in total. The Balaban J connectivity index is 1.94. The maximum Gasteiger partial charge on any atom is 0.329 e. The smallest absolute Gasteiger partial charge is 0.329 e. The van der Waals surface area contributed by atoms with Crippen LogP contribution in [0.2, 0.25) is 0 Å². The zero-order valence-corrected chi connectivity index (χ0v) is 16.6. The van der Waals surface area contributed by atoms with Gasteiger partial charge in [-0.2, -0.15) is 0 Å². The number of hydrogen-bond donors (Lipinski definition) is 0. The Labute approximate surface area is 161 Å². The molecule has 0 aliphatic heterocycles. The molecule has 0 aliphatic carbocycles. The molecule has 2 aromatic rings. The van der Waals surface area contributed by atoms with Crippen molar-refractivity contribution < 1.29 is 9.53 Å². The predicted octanol–water partition coefficient (Wildman–Crippen LogP) is 6.04. The minimum absolute atomic E-state index is 0.0353. The Hall–Kier alpha value is -1.87. The molecule has 0 radical (unpaired) electrons. The predicted molar refractivity (Wildman–Crippen MR) is 108 cm³/mol. The molecule has 1 unspecified atom stereocenters. The zero-order valence-electron chi connectivity index (χ0n) is 15.9. The van der Waals surface area contributed by atoms with E-state index in [4.69, 9.17) is 16.3 Å². The number of benzene rings is 1. The Morgan fingerprint density at radius 3 is 2.38 bits per heavy atom. The Kier molecular flexibility index (Phi) is 8.11. The van der Waals surface area contributed by atoms with Gasteiger partial charge in [0.1, 0.15) is 11.1 Å². The molecule has 0 aliphatic rings. The van der Waals surface area contributed by atoms with Crippen molar-refractivity contribution in [3.8, 4) is 17.0 Å². The average Bonchev–Trinajstić information content (AvgIpc) is 2.65. The van der Waals surface area contributed by atoms with E-state index in [1.807, 2.05) is 38.2 Å². The molecule has 0 bridgehead atoms. The Bertz CT molecular complexity index is 680. The van der Waals surface area contributed by atoms with Gasteiger partial charge in [-0.25, -0.2) is 0 Å². The van der Waals surface area contributed by atoms with Crippen LogP contribution in [0, 0.1) is 5.92 Å². The van der Waals surface area contributed by atoms with E-state index < -0.39 is 11.3 Å². The lowest BCUT2D eigenvalue weighted by Gasteiger charge is -2.12. The SMILES string of the molecule is CCCCCCc1ccc(-c2ccc(OC(=O)C(Cl)C(C)C)cc2)nc1. The van der Waals surface area contributed by atoms with Gasteiger partial charge < -0.3 is 4.74 Å². The zero-order chi connectivity index (χ0) is 18.9. The van der Waals surface area contributed by atoms with Crippen molar-refractivity contribution in [1.29, 1.82) is 0 Å². The van der Waals surface area contributed by atoms with Gasteiger partial charge in [-0.1, -0.05) is 46.1 Å². The van der Waals surface area contributed by atoms with E-state index in [2.05, 4.69) is 18.0 Å². The van der Waals surface area contributed by atoms with Crippen LogP contribution in [0.1, 0.15) is 52.0 Å². The Morgan fingerprint density at radius 1 is 1.08 bits per heavy atom. The average molecular weight is 374 g/mol. The Morgan fingerprint density at radius 2 is 1.81 bits per heavy atom. The number of hydrogen-bond acceptors (Lipinski definition) is 3. The highest BCUT2D eigenvalue weighted by molar-refractivity contribution is 6.30. The molecule has 140 valence electrons. The topological polar surface area (TPSA) is 39.2 Å². The molecule has 0 saturated heterocycles. The van der Waals surface area contributed by atoms with Crippen LogP contribution in [0.3, 0.4) is 0 Å². The summed E-state index contributed by atoms with van der Waals surface area (Å²) < 4.78 is 5.32. The first kappa shape index (κ1) is 20.4. The number of aromatic nitrogens is 1. The number of rotatable bonds is 9. The van der Waals surface area contributed by atoms with Crippen LogP contribution < -0.4 is 4.74 Å². The molecule has 0 N–H and O–H groups in total. The van der Waals surface area contributed by atoms with Gasteiger partial charge in [0.25, 0.3) is 0 Å². The van der Waals surface area contributed by atoms with Gasteiger partial charge in [-0.05, 0) is 54.7 Å². The summed E-state index contributed by atoms with van der Waals surface area (Å²) in [6.45, 7) is 6.00. The van der Waals surface area contributed by atoms with E-state index in [-0.39, 0.29) is 5.92 Å². The molecule has 0 fully saturated rings. The molecule has 4 heteroatoms. The lowest BCUT2D eigenvalue weighted by Crippen LogP contribution is -2.25. The van der Waals surface area contributed by atoms with E-state index in [0.29, 0.717) is 5.75 Å². The van der Waals surface area contributed by atoms with E-state index in [9.17, 15) is 4.79 Å². The largest absolute Gasteiger partial charge is 0.425 e. The number of nitrogens with zero attached hydrogens (tertiary/aromatic N) is 1. The fourth-order valence-electron chi connectivity index (χ4n) is 2.64. The number of ether oxygens (including phenoxy) is 1. The highest BCUT2D eigenvalue weighted by atomic mass is 35.5. The van der Waals surface area contributed by atoms with Crippen molar-refractivity contribution in [1.82, 2.24) is 4.98 Å². The lowest BCUT2D eigenvalue weighted by atomic mass is 10.1. The van der Waals surface area contributed by atoms with Crippen molar-refractivity contribution in [2.24, 2.45) is 5.92 Å². The summed E-state index contributed by atoms with van der Waals surface area (Å²) in [4.78, 5) is 16.5. The van der Waals surface area contributed by atoms with Crippen LogP contribution in [0.15, 0.2) is 42.6 Å². The number of unbranched alkanes of at least 4 members (excludes halogenated alkanes) is 3. The fourth-order valence-corrected chi connectivity index (χ4v) is 2.68. The second-order valence-corrected chi connectivity index (χ2v) is 7.42. The molecule has 1 aromatic carbocycles. The van der Waals surface area contributed by atoms with Crippen molar-refractivity contribution in [3.05, 3.63) is 48.2 Å². The van der Waals surface area contributed by atoms with Crippen molar-refractivity contribution in [2.75, 3.05) is 0 Å². The van der Waals surface area contributed by atoms with E-state index >= 15 is 0 Å². The summed E-state index contributed by atoms with van der Waals surface area (Å²) in [5.41, 5.74) is 3.18. The number of carbonyl (C=O) groups is 1. The van der Waals surface area contributed by atoms with Crippen LogP contribution in [-0.4, -0.2) is 16.3 Å². The normalized spacial score (nSPS) is 12.2. The lowest BCUT2D eigenvalue weighted by molar-refractivity contribution is -0.134. The van der Waals surface area contributed by atoms with E-state index in [1.54, 1.807) is 12.1 Å². The van der Waals surface area contributed by atoms with Gasteiger partial charge in [0.2, 0.25) is 0 Å². The van der Waals surface area contributed by atoms with Gasteiger partial charge in [0.15, 0.2) is 0 Å².